The monoisotopic (exact) mass is 268 g/mol. The lowest BCUT2D eigenvalue weighted by Gasteiger charge is -2.37. The van der Waals surface area contributed by atoms with Gasteiger partial charge in [0.1, 0.15) is 0 Å². The van der Waals surface area contributed by atoms with Crippen molar-refractivity contribution in [1.29, 1.82) is 0 Å². The normalized spacial score (nSPS) is 28.0. The Labute approximate surface area is 116 Å². The summed E-state index contributed by atoms with van der Waals surface area (Å²) in [4.78, 5) is 14.3. The van der Waals surface area contributed by atoms with Gasteiger partial charge in [0.25, 0.3) is 0 Å². The third-order valence-corrected chi connectivity index (χ3v) is 4.84. The molecular weight excluding hydrogens is 240 g/mol. The van der Waals surface area contributed by atoms with Gasteiger partial charge in [-0.25, -0.2) is 0 Å². The molecule has 0 aromatic heterocycles. The van der Waals surface area contributed by atoms with Crippen LogP contribution in [0.3, 0.4) is 0 Å². The molecule has 0 radical (unpaired) electrons. The zero-order valence-electron chi connectivity index (χ0n) is 12.2. The molecule has 2 aliphatic rings. The number of ether oxygens (including phenoxy) is 1. The molecule has 0 amide bonds. The zero-order valence-corrected chi connectivity index (χ0v) is 12.2. The third kappa shape index (κ3) is 3.93. The average Bonchev–Trinajstić information content (AvgIpc) is 2.42. The fourth-order valence-electron chi connectivity index (χ4n) is 3.45. The molecule has 0 aromatic carbocycles. The number of hydrogen-bond acceptors (Lipinski definition) is 4. The van der Waals surface area contributed by atoms with Crippen molar-refractivity contribution in [1.82, 2.24) is 4.90 Å². The minimum Gasteiger partial charge on any atom is -0.446 e. The van der Waals surface area contributed by atoms with Crippen LogP contribution in [0.5, 0.6) is 0 Å². The zero-order chi connectivity index (χ0) is 13.7. The van der Waals surface area contributed by atoms with Crippen molar-refractivity contribution < 1.29 is 9.53 Å². The molecule has 1 aliphatic heterocycles. The Hall–Kier alpha value is -0.610. The van der Waals surface area contributed by atoms with Crippen LogP contribution in [-0.2, 0) is 9.53 Å². The van der Waals surface area contributed by atoms with Gasteiger partial charge in [0.05, 0.1) is 6.42 Å². The van der Waals surface area contributed by atoms with E-state index in [4.69, 9.17) is 10.5 Å². The maximum absolute atomic E-state index is 12.2. The second kappa shape index (κ2) is 6.71. The highest BCUT2D eigenvalue weighted by Gasteiger charge is 2.34. The number of nitrogens with two attached hydrogens (primary N) is 1. The number of piperidine rings is 1. The first kappa shape index (κ1) is 14.8. The molecule has 110 valence electrons. The molecule has 0 bridgehead atoms. The summed E-state index contributed by atoms with van der Waals surface area (Å²) < 4.78 is 5.66. The summed E-state index contributed by atoms with van der Waals surface area (Å²) in [5, 5.41) is 0. The highest BCUT2D eigenvalue weighted by atomic mass is 16.6. The average molecular weight is 268 g/mol. The fourth-order valence-corrected chi connectivity index (χ4v) is 3.45. The van der Waals surface area contributed by atoms with Crippen molar-refractivity contribution in [3.05, 3.63) is 0 Å². The van der Waals surface area contributed by atoms with Crippen molar-refractivity contribution in [3.63, 3.8) is 0 Å². The van der Waals surface area contributed by atoms with Gasteiger partial charge in [-0.3, -0.25) is 9.69 Å². The second-order valence-electron chi connectivity index (χ2n) is 6.36. The summed E-state index contributed by atoms with van der Waals surface area (Å²) in [6, 6.07) is 0. The minimum atomic E-state index is -0.0499. The lowest BCUT2D eigenvalue weighted by molar-refractivity contribution is -0.164. The van der Waals surface area contributed by atoms with E-state index in [9.17, 15) is 4.79 Å². The molecule has 1 saturated heterocycles. The summed E-state index contributed by atoms with van der Waals surface area (Å²) in [5.41, 5.74) is 5.95. The Bertz CT molecular complexity index is 301. The topological polar surface area (TPSA) is 55.6 Å². The van der Waals surface area contributed by atoms with Gasteiger partial charge in [-0.05, 0) is 51.1 Å². The molecule has 2 rings (SSSR count). The molecule has 19 heavy (non-hydrogen) atoms. The predicted molar refractivity (Wildman–Crippen MR) is 75.6 cm³/mol. The second-order valence-corrected chi connectivity index (χ2v) is 6.36. The summed E-state index contributed by atoms with van der Waals surface area (Å²) >= 11 is 0. The van der Waals surface area contributed by atoms with Crippen LogP contribution in [0.2, 0.25) is 0 Å². The van der Waals surface area contributed by atoms with Crippen LogP contribution in [0.4, 0.5) is 0 Å². The van der Waals surface area contributed by atoms with Gasteiger partial charge in [-0.15, -0.1) is 0 Å². The molecule has 1 unspecified atom stereocenters. The van der Waals surface area contributed by atoms with Crippen LogP contribution in [0.15, 0.2) is 0 Å². The van der Waals surface area contributed by atoms with Crippen molar-refractivity contribution in [2.45, 2.75) is 64.0 Å². The van der Waals surface area contributed by atoms with E-state index in [2.05, 4.69) is 4.90 Å². The van der Waals surface area contributed by atoms with E-state index >= 15 is 0 Å². The lowest BCUT2D eigenvalue weighted by atomic mass is 9.72. The van der Waals surface area contributed by atoms with E-state index in [1.807, 2.05) is 7.05 Å². The van der Waals surface area contributed by atoms with Crippen LogP contribution < -0.4 is 5.73 Å². The summed E-state index contributed by atoms with van der Waals surface area (Å²) in [7, 11) is 2.04. The van der Waals surface area contributed by atoms with E-state index in [1.54, 1.807) is 0 Å². The van der Waals surface area contributed by atoms with Gasteiger partial charge in [0.15, 0.2) is 6.23 Å². The van der Waals surface area contributed by atoms with Crippen LogP contribution in [0.25, 0.3) is 0 Å². The standard InChI is InChI=1S/C15H28N2O2/c1-17-10-6-3-7-13(17)19-14(18)11-15(12-16)8-4-2-5-9-15/h13H,2-12,16H2,1H3. The summed E-state index contributed by atoms with van der Waals surface area (Å²) in [6.07, 6.45) is 9.68. The molecule has 0 aromatic rings. The van der Waals surface area contributed by atoms with Gasteiger partial charge in [0.2, 0.25) is 0 Å². The number of carbonyl (C=O) groups excluding carboxylic acids is 1. The maximum atomic E-state index is 12.2. The molecular formula is C15H28N2O2. The van der Waals surface area contributed by atoms with Crippen LogP contribution >= 0.6 is 0 Å². The number of hydrogen-bond donors (Lipinski definition) is 1. The number of nitrogens with zero attached hydrogens (tertiary/aromatic N) is 1. The Morgan fingerprint density at radius 1 is 1.26 bits per heavy atom. The fraction of sp³-hybridized carbons (Fsp3) is 0.933. The molecule has 2 fully saturated rings. The van der Waals surface area contributed by atoms with Gasteiger partial charge in [0, 0.05) is 6.54 Å². The Kier molecular flexibility index (Phi) is 5.22. The minimum absolute atomic E-state index is 0.0142. The number of esters is 1. The molecule has 1 atom stereocenters. The number of rotatable bonds is 4. The summed E-state index contributed by atoms with van der Waals surface area (Å²) in [5.74, 6) is -0.0499. The first-order valence-electron chi connectivity index (χ1n) is 7.75. The van der Waals surface area contributed by atoms with Gasteiger partial charge in [-0.2, -0.15) is 0 Å². The molecule has 1 saturated carbocycles. The molecule has 4 heteroatoms. The van der Waals surface area contributed by atoms with E-state index in [0.717, 1.165) is 32.2 Å². The highest BCUT2D eigenvalue weighted by molar-refractivity contribution is 5.70. The molecule has 1 aliphatic carbocycles. The highest BCUT2D eigenvalue weighted by Crippen LogP contribution is 2.38. The van der Waals surface area contributed by atoms with E-state index < -0.39 is 0 Å². The van der Waals surface area contributed by atoms with Crippen molar-refractivity contribution >= 4 is 5.97 Å². The van der Waals surface area contributed by atoms with Crippen molar-refractivity contribution in [3.8, 4) is 0 Å². The van der Waals surface area contributed by atoms with E-state index in [0.29, 0.717) is 13.0 Å². The third-order valence-electron chi connectivity index (χ3n) is 4.84. The Balaban J connectivity index is 1.85. The van der Waals surface area contributed by atoms with Gasteiger partial charge < -0.3 is 10.5 Å². The number of likely N-dealkylation sites (tertiary alicyclic amines) is 1. The number of carbonyl (C=O) groups is 1. The van der Waals surface area contributed by atoms with E-state index in [-0.39, 0.29) is 17.6 Å². The maximum Gasteiger partial charge on any atom is 0.307 e. The molecule has 1 heterocycles. The lowest BCUT2D eigenvalue weighted by Crippen LogP contribution is -2.41. The smallest absolute Gasteiger partial charge is 0.307 e. The quantitative estimate of drug-likeness (QED) is 0.795. The van der Waals surface area contributed by atoms with Crippen LogP contribution in [0.1, 0.15) is 57.8 Å². The van der Waals surface area contributed by atoms with Crippen molar-refractivity contribution in [2.75, 3.05) is 20.1 Å². The first-order chi connectivity index (χ1) is 9.15. The SMILES string of the molecule is CN1CCCCC1OC(=O)CC1(CN)CCCCC1. The summed E-state index contributed by atoms with van der Waals surface area (Å²) in [6.45, 7) is 1.64. The van der Waals surface area contributed by atoms with Crippen LogP contribution in [-0.4, -0.2) is 37.2 Å². The molecule has 0 spiro atoms. The largest absolute Gasteiger partial charge is 0.446 e. The Morgan fingerprint density at radius 3 is 2.63 bits per heavy atom. The van der Waals surface area contributed by atoms with Crippen molar-refractivity contribution in [2.24, 2.45) is 11.1 Å². The van der Waals surface area contributed by atoms with Crippen LogP contribution in [0, 0.1) is 5.41 Å². The van der Waals surface area contributed by atoms with Gasteiger partial charge >= 0.3 is 5.97 Å². The van der Waals surface area contributed by atoms with E-state index in [1.165, 1.54) is 25.7 Å². The molecule has 4 nitrogen and oxygen atoms in total. The predicted octanol–water partition coefficient (Wildman–Crippen LogP) is 2.27. The molecule has 2 N–H and O–H groups in total. The first-order valence-corrected chi connectivity index (χ1v) is 7.75. The Morgan fingerprint density at radius 2 is 2.00 bits per heavy atom. The van der Waals surface area contributed by atoms with Gasteiger partial charge in [-0.1, -0.05) is 19.3 Å².